The predicted molar refractivity (Wildman–Crippen MR) is 122 cm³/mol. The molecule has 3 aromatic carbocycles. The lowest BCUT2D eigenvalue weighted by molar-refractivity contribution is 0.795. The summed E-state index contributed by atoms with van der Waals surface area (Å²) in [6.07, 6.45) is 5.88. The number of unbranched alkanes of at least 4 members (excludes halogenated alkanes) is 1. The van der Waals surface area contributed by atoms with E-state index in [4.69, 9.17) is 11.6 Å². The third kappa shape index (κ3) is 5.51. The van der Waals surface area contributed by atoms with Crippen molar-refractivity contribution in [1.29, 1.82) is 0 Å². The van der Waals surface area contributed by atoms with Crippen LogP contribution in [-0.4, -0.2) is 0 Å². The molecule has 0 aliphatic rings. The summed E-state index contributed by atoms with van der Waals surface area (Å²) in [5.74, 6) is 6.43. The Bertz CT molecular complexity index is 954. The monoisotopic (exact) mass is 386 g/mol. The molecule has 0 bridgehead atoms. The molecule has 0 radical (unpaired) electrons. The molecule has 0 aromatic heterocycles. The molecule has 0 nitrogen and oxygen atoms in total. The van der Waals surface area contributed by atoms with Gasteiger partial charge in [-0.15, -0.1) is 0 Å². The van der Waals surface area contributed by atoms with Crippen LogP contribution >= 0.6 is 11.6 Å². The van der Waals surface area contributed by atoms with Gasteiger partial charge in [-0.05, 0) is 65.8 Å². The lowest BCUT2D eigenvalue weighted by Gasteiger charge is -2.06. The molecule has 0 fully saturated rings. The van der Waals surface area contributed by atoms with Crippen LogP contribution in [-0.2, 0) is 12.8 Å². The molecular weight excluding hydrogens is 360 g/mol. The Labute approximate surface area is 174 Å². The summed E-state index contributed by atoms with van der Waals surface area (Å²) in [7, 11) is 0. The maximum atomic E-state index is 6.51. The van der Waals surface area contributed by atoms with Gasteiger partial charge in [0.2, 0.25) is 0 Å². The molecule has 0 unspecified atom stereocenters. The second-order valence-electron chi connectivity index (χ2n) is 7.19. The number of benzene rings is 3. The smallest absolute Gasteiger partial charge is 0.0568 e. The highest BCUT2D eigenvalue weighted by molar-refractivity contribution is 6.32. The van der Waals surface area contributed by atoms with Crippen molar-refractivity contribution < 1.29 is 0 Å². The Balaban J connectivity index is 1.74. The number of hydrogen-bond acceptors (Lipinski definition) is 0. The molecule has 142 valence electrons. The van der Waals surface area contributed by atoms with Crippen LogP contribution in [0.2, 0.25) is 5.02 Å². The average Bonchev–Trinajstić information content (AvgIpc) is 2.73. The van der Waals surface area contributed by atoms with Crippen LogP contribution in [0, 0.1) is 11.8 Å². The molecule has 1 heteroatoms. The zero-order chi connectivity index (χ0) is 19.8. The molecule has 0 aliphatic carbocycles. The quantitative estimate of drug-likeness (QED) is 0.380. The molecule has 3 rings (SSSR count). The van der Waals surface area contributed by atoms with Gasteiger partial charge in [-0.3, -0.25) is 0 Å². The minimum Gasteiger partial charge on any atom is -0.0830 e. The fourth-order valence-corrected chi connectivity index (χ4v) is 3.45. The minimum atomic E-state index is 0.697. The molecule has 3 aromatic rings. The first-order valence-corrected chi connectivity index (χ1v) is 10.6. The number of halogens is 1. The van der Waals surface area contributed by atoms with E-state index in [2.05, 4.69) is 80.3 Å². The summed E-state index contributed by atoms with van der Waals surface area (Å²) >= 11 is 6.51. The van der Waals surface area contributed by atoms with E-state index < -0.39 is 0 Å². The summed E-state index contributed by atoms with van der Waals surface area (Å²) in [5, 5.41) is 0.697. The van der Waals surface area contributed by atoms with Crippen molar-refractivity contribution >= 4 is 11.6 Å². The molecule has 0 N–H and O–H groups in total. The highest BCUT2D eigenvalue weighted by Crippen LogP contribution is 2.26. The second kappa shape index (κ2) is 10.2. The van der Waals surface area contributed by atoms with Gasteiger partial charge in [0.15, 0.2) is 0 Å². The van der Waals surface area contributed by atoms with E-state index in [1.165, 1.54) is 29.5 Å². The summed E-state index contributed by atoms with van der Waals surface area (Å²) in [5.41, 5.74) is 6.94. The Morgan fingerprint density at radius 1 is 0.679 bits per heavy atom. The van der Waals surface area contributed by atoms with E-state index in [0.717, 1.165) is 36.0 Å². The van der Waals surface area contributed by atoms with Crippen LogP contribution < -0.4 is 0 Å². The van der Waals surface area contributed by atoms with Crippen molar-refractivity contribution in [2.24, 2.45) is 0 Å². The van der Waals surface area contributed by atoms with Crippen LogP contribution in [0.1, 0.15) is 55.4 Å². The highest BCUT2D eigenvalue weighted by atomic mass is 35.5. The average molecular weight is 387 g/mol. The fraction of sp³-hybridized carbons (Fsp3) is 0.259. The molecule has 0 aliphatic heterocycles. The highest BCUT2D eigenvalue weighted by Gasteiger charge is 2.03. The Morgan fingerprint density at radius 3 is 1.96 bits per heavy atom. The van der Waals surface area contributed by atoms with Gasteiger partial charge in [0.25, 0.3) is 0 Å². The van der Waals surface area contributed by atoms with E-state index >= 15 is 0 Å². The fourth-order valence-electron chi connectivity index (χ4n) is 3.22. The van der Waals surface area contributed by atoms with Gasteiger partial charge in [-0.2, -0.15) is 0 Å². The Morgan fingerprint density at radius 2 is 1.32 bits per heavy atom. The minimum absolute atomic E-state index is 0.697. The number of rotatable bonds is 6. The van der Waals surface area contributed by atoms with E-state index in [9.17, 15) is 0 Å². The first-order chi connectivity index (χ1) is 13.7. The molecule has 0 atom stereocenters. The van der Waals surface area contributed by atoms with Gasteiger partial charge in [0.1, 0.15) is 0 Å². The SMILES string of the molecule is CCCCc1ccc(-c2ccc(C#Cc3ccc(CCC)cc3)c(Cl)c2)cc1. The van der Waals surface area contributed by atoms with Gasteiger partial charge >= 0.3 is 0 Å². The van der Waals surface area contributed by atoms with E-state index in [1.807, 2.05) is 12.1 Å². The maximum Gasteiger partial charge on any atom is 0.0568 e. The topological polar surface area (TPSA) is 0 Å². The zero-order valence-corrected chi connectivity index (χ0v) is 17.5. The second-order valence-corrected chi connectivity index (χ2v) is 7.60. The third-order valence-electron chi connectivity index (χ3n) is 4.91. The normalized spacial score (nSPS) is 10.4. The number of aryl methyl sites for hydroxylation is 2. The number of hydrogen-bond donors (Lipinski definition) is 0. The first-order valence-electron chi connectivity index (χ1n) is 10.2. The summed E-state index contributed by atoms with van der Waals surface area (Å²) < 4.78 is 0. The summed E-state index contributed by atoms with van der Waals surface area (Å²) in [4.78, 5) is 0. The summed E-state index contributed by atoms with van der Waals surface area (Å²) in [6.45, 7) is 4.42. The van der Waals surface area contributed by atoms with Gasteiger partial charge in [-0.25, -0.2) is 0 Å². The van der Waals surface area contributed by atoms with E-state index in [-0.39, 0.29) is 0 Å². The van der Waals surface area contributed by atoms with Gasteiger partial charge in [-0.1, -0.05) is 92.6 Å². The molecule has 0 saturated carbocycles. The van der Waals surface area contributed by atoms with Crippen LogP contribution in [0.4, 0.5) is 0 Å². The zero-order valence-electron chi connectivity index (χ0n) is 16.8. The maximum absolute atomic E-state index is 6.51. The molecule has 0 spiro atoms. The Hall–Kier alpha value is -2.49. The van der Waals surface area contributed by atoms with Gasteiger partial charge in [0, 0.05) is 11.1 Å². The standard InChI is InChI=1S/C27H27Cl/c1-3-5-7-22-12-15-24(16-13-22)26-19-18-25(27(28)20-26)17-14-23-10-8-21(6-4-2)9-11-23/h8-13,15-16,18-20H,3-7H2,1-2H3. The lowest BCUT2D eigenvalue weighted by atomic mass is 10.0. The van der Waals surface area contributed by atoms with Gasteiger partial charge in [0.05, 0.1) is 5.02 Å². The van der Waals surface area contributed by atoms with Crippen molar-refractivity contribution in [3.05, 3.63) is 94.0 Å². The lowest BCUT2D eigenvalue weighted by Crippen LogP contribution is -1.86. The van der Waals surface area contributed by atoms with Crippen molar-refractivity contribution in [3.8, 4) is 23.0 Å². The van der Waals surface area contributed by atoms with Crippen molar-refractivity contribution in [2.75, 3.05) is 0 Å². The van der Waals surface area contributed by atoms with Gasteiger partial charge < -0.3 is 0 Å². The molecule has 28 heavy (non-hydrogen) atoms. The van der Waals surface area contributed by atoms with Crippen LogP contribution in [0.15, 0.2) is 66.7 Å². The van der Waals surface area contributed by atoms with E-state index in [1.54, 1.807) is 0 Å². The van der Waals surface area contributed by atoms with Crippen molar-refractivity contribution in [3.63, 3.8) is 0 Å². The first kappa shape index (κ1) is 20.2. The van der Waals surface area contributed by atoms with Crippen molar-refractivity contribution in [2.45, 2.75) is 46.0 Å². The van der Waals surface area contributed by atoms with Crippen molar-refractivity contribution in [1.82, 2.24) is 0 Å². The van der Waals surface area contributed by atoms with Crippen LogP contribution in [0.25, 0.3) is 11.1 Å². The van der Waals surface area contributed by atoms with Crippen LogP contribution in [0.5, 0.6) is 0 Å². The molecule has 0 amide bonds. The molecule has 0 heterocycles. The molecular formula is C27H27Cl. The summed E-state index contributed by atoms with van der Waals surface area (Å²) in [6, 6.07) is 23.4. The van der Waals surface area contributed by atoms with Crippen LogP contribution in [0.3, 0.4) is 0 Å². The Kier molecular flexibility index (Phi) is 7.35. The third-order valence-corrected chi connectivity index (χ3v) is 5.22. The van der Waals surface area contributed by atoms with E-state index in [0.29, 0.717) is 5.02 Å². The molecule has 0 saturated heterocycles. The largest absolute Gasteiger partial charge is 0.0830 e. The predicted octanol–water partition coefficient (Wildman–Crippen LogP) is 7.70.